The van der Waals surface area contributed by atoms with Crippen LogP contribution < -0.4 is 0 Å². The van der Waals surface area contributed by atoms with Crippen molar-refractivity contribution in [3.8, 4) is 5.75 Å². The first kappa shape index (κ1) is 14.1. The Morgan fingerprint density at radius 3 is 2.81 bits per heavy atom. The van der Waals surface area contributed by atoms with Crippen LogP contribution in [0.25, 0.3) is 0 Å². The highest BCUT2D eigenvalue weighted by atomic mass is 16.3. The summed E-state index contributed by atoms with van der Waals surface area (Å²) in [5, 5.41) is 9.79. The largest absolute Gasteiger partial charge is 0.508 e. The van der Waals surface area contributed by atoms with E-state index in [0.717, 1.165) is 25.7 Å². The number of hydrogen-bond acceptors (Lipinski definition) is 3. The van der Waals surface area contributed by atoms with Crippen LogP contribution in [0.5, 0.6) is 5.75 Å². The van der Waals surface area contributed by atoms with Crippen molar-refractivity contribution in [2.24, 2.45) is 5.92 Å². The molecule has 2 unspecified atom stereocenters. The molecule has 1 aliphatic heterocycles. The molecule has 0 spiro atoms. The molecule has 1 aromatic rings. The lowest BCUT2D eigenvalue weighted by Gasteiger charge is -2.29. The zero-order chi connectivity index (χ0) is 15.0. The van der Waals surface area contributed by atoms with Crippen molar-refractivity contribution in [2.45, 2.75) is 45.1 Å². The number of hydrogen-bond donors (Lipinski definition) is 1. The lowest BCUT2D eigenvalue weighted by Crippen LogP contribution is -2.41. The highest BCUT2D eigenvalue weighted by Crippen LogP contribution is 2.34. The van der Waals surface area contributed by atoms with Gasteiger partial charge >= 0.3 is 0 Å². The minimum absolute atomic E-state index is 0.0223. The van der Waals surface area contributed by atoms with Crippen LogP contribution in [0.2, 0.25) is 0 Å². The quantitative estimate of drug-likeness (QED) is 0.909. The van der Waals surface area contributed by atoms with E-state index in [1.807, 2.05) is 4.90 Å². The van der Waals surface area contributed by atoms with E-state index in [1.54, 1.807) is 25.1 Å². The number of carbonyl (C=O) groups is 2. The molecule has 1 N–H and O–H groups in total. The first-order chi connectivity index (χ1) is 10.1. The maximum atomic E-state index is 12.8. The van der Waals surface area contributed by atoms with Crippen molar-refractivity contribution in [2.75, 3.05) is 6.54 Å². The molecular formula is C17H21NO3. The fraction of sp³-hybridized carbons (Fsp3) is 0.529. The van der Waals surface area contributed by atoms with Crippen molar-refractivity contribution >= 4 is 11.7 Å². The summed E-state index contributed by atoms with van der Waals surface area (Å²) in [7, 11) is 0. The number of aromatic hydroxyl groups is 1. The smallest absolute Gasteiger partial charge is 0.254 e. The Kier molecular flexibility index (Phi) is 3.70. The molecule has 1 saturated heterocycles. The first-order valence-corrected chi connectivity index (χ1v) is 7.72. The zero-order valence-electron chi connectivity index (χ0n) is 12.3. The van der Waals surface area contributed by atoms with Crippen molar-refractivity contribution in [3.05, 3.63) is 29.3 Å². The fourth-order valence-electron chi connectivity index (χ4n) is 3.72. The maximum absolute atomic E-state index is 12.8. The predicted molar refractivity (Wildman–Crippen MR) is 79.3 cm³/mol. The van der Waals surface area contributed by atoms with Crippen LogP contribution >= 0.6 is 0 Å². The standard InChI is InChI=1S/C17H21NO3/c1-11-12(5-2-8-15(11)19)17(21)18-10-4-7-14(18)13-6-3-9-16(13)20/h2,5,8,13-14,19H,3-4,6-7,9-10H2,1H3. The molecule has 2 fully saturated rings. The number of likely N-dealkylation sites (tertiary alicyclic amines) is 1. The topological polar surface area (TPSA) is 57.6 Å². The lowest BCUT2D eigenvalue weighted by molar-refractivity contribution is -0.121. The number of rotatable bonds is 2. The molecule has 1 saturated carbocycles. The molecule has 0 bridgehead atoms. The monoisotopic (exact) mass is 287 g/mol. The van der Waals surface area contributed by atoms with Gasteiger partial charge in [-0.15, -0.1) is 0 Å². The van der Waals surface area contributed by atoms with Gasteiger partial charge in [-0.1, -0.05) is 6.07 Å². The van der Waals surface area contributed by atoms with E-state index in [4.69, 9.17) is 0 Å². The highest BCUT2D eigenvalue weighted by Gasteiger charge is 2.40. The number of carbonyl (C=O) groups excluding carboxylic acids is 2. The number of phenolic OH excluding ortho intramolecular Hbond substituents is 1. The Bertz CT molecular complexity index is 581. The van der Waals surface area contributed by atoms with Crippen molar-refractivity contribution in [3.63, 3.8) is 0 Å². The van der Waals surface area contributed by atoms with Crippen LogP contribution in [0.4, 0.5) is 0 Å². The summed E-state index contributed by atoms with van der Waals surface area (Å²) in [5.74, 6) is 0.431. The number of ketones is 1. The number of Topliss-reactive ketones (excluding diaryl/α,β-unsaturated/α-hetero) is 1. The van der Waals surface area contributed by atoms with Crippen LogP contribution in [0, 0.1) is 12.8 Å². The number of phenols is 1. The number of nitrogens with zero attached hydrogens (tertiary/aromatic N) is 1. The molecule has 1 aliphatic carbocycles. The van der Waals surface area contributed by atoms with Gasteiger partial charge in [0, 0.05) is 36.1 Å². The van der Waals surface area contributed by atoms with Gasteiger partial charge in [0.05, 0.1) is 0 Å². The van der Waals surface area contributed by atoms with Crippen LogP contribution in [0.15, 0.2) is 18.2 Å². The van der Waals surface area contributed by atoms with Gasteiger partial charge in [-0.3, -0.25) is 9.59 Å². The Hall–Kier alpha value is -1.84. The van der Waals surface area contributed by atoms with Gasteiger partial charge in [-0.2, -0.15) is 0 Å². The molecule has 112 valence electrons. The molecular weight excluding hydrogens is 266 g/mol. The summed E-state index contributed by atoms with van der Waals surface area (Å²) in [6.07, 6.45) is 4.39. The van der Waals surface area contributed by atoms with Crippen LogP contribution in [-0.2, 0) is 4.79 Å². The Morgan fingerprint density at radius 2 is 2.10 bits per heavy atom. The predicted octanol–water partition coefficient (Wildman–Crippen LogP) is 2.67. The number of amides is 1. The summed E-state index contributed by atoms with van der Waals surface area (Å²) < 4.78 is 0. The van der Waals surface area contributed by atoms with E-state index in [1.165, 1.54) is 0 Å². The molecule has 0 radical (unpaired) electrons. The van der Waals surface area contributed by atoms with E-state index in [9.17, 15) is 14.7 Å². The van der Waals surface area contributed by atoms with Crippen LogP contribution in [0.1, 0.15) is 48.0 Å². The second kappa shape index (κ2) is 5.51. The molecule has 2 atom stereocenters. The third-order valence-corrected chi connectivity index (χ3v) is 4.91. The normalized spacial score (nSPS) is 25.6. The first-order valence-electron chi connectivity index (χ1n) is 7.72. The fourth-order valence-corrected chi connectivity index (χ4v) is 3.72. The Morgan fingerprint density at radius 1 is 1.29 bits per heavy atom. The minimum atomic E-state index is -0.0504. The van der Waals surface area contributed by atoms with Crippen molar-refractivity contribution in [1.82, 2.24) is 4.90 Å². The summed E-state index contributed by atoms with van der Waals surface area (Å²) in [5.41, 5.74) is 1.17. The molecule has 2 aliphatic rings. The van der Waals surface area contributed by atoms with Crippen LogP contribution in [0.3, 0.4) is 0 Å². The highest BCUT2D eigenvalue weighted by molar-refractivity contribution is 5.97. The SMILES string of the molecule is Cc1c(O)cccc1C(=O)N1CCCC1C1CCCC1=O. The molecule has 1 heterocycles. The van der Waals surface area contributed by atoms with E-state index >= 15 is 0 Å². The van der Waals surface area contributed by atoms with Gasteiger partial charge in [0.15, 0.2) is 0 Å². The average molecular weight is 287 g/mol. The van der Waals surface area contributed by atoms with Gasteiger partial charge < -0.3 is 10.0 Å². The summed E-state index contributed by atoms with van der Waals surface area (Å²) in [6, 6.07) is 5.09. The van der Waals surface area contributed by atoms with Gasteiger partial charge in [0.25, 0.3) is 5.91 Å². The second-order valence-corrected chi connectivity index (χ2v) is 6.12. The van der Waals surface area contributed by atoms with E-state index in [2.05, 4.69) is 0 Å². The minimum Gasteiger partial charge on any atom is -0.508 e. The molecule has 3 rings (SSSR count). The molecule has 4 nitrogen and oxygen atoms in total. The van der Waals surface area contributed by atoms with E-state index < -0.39 is 0 Å². The maximum Gasteiger partial charge on any atom is 0.254 e. The van der Waals surface area contributed by atoms with Gasteiger partial charge in [0.1, 0.15) is 11.5 Å². The van der Waals surface area contributed by atoms with Crippen molar-refractivity contribution < 1.29 is 14.7 Å². The Labute approximate surface area is 124 Å². The average Bonchev–Trinajstić information content (AvgIpc) is 3.09. The summed E-state index contributed by atoms with van der Waals surface area (Å²) >= 11 is 0. The summed E-state index contributed by atoms with van der Waals surface area (Å²) in [6.45, 7) is 2.47. The van der Waals surface area contributed by atoms with Gasteiger partial charge in [0.2, 0.25) is 0 Å². The zero-order valence-corrected chi connectivity index (χ0v) is 12.3. The molecule has 1 aromatic carbocycles. The second-order valence-electron chi connectivity index (χ2n) is 6.12. The Balaban J connectivity index is 1.86. The van der Waals surface area contributed by atoms with E-state index in [0.29, 0.717) is 29.9 Å². The molecule has 0 aromatic heterocycles. The van der Waals surface area contributed by atoms with Crippen LogP contribution in [-0.4, -0.2) is 34.3 Å². The lowest BCUT2D eigenvalue weighted by atomic mass is 9.94. The van der Waals surface area contributed by atoms with Crippen molar-refractivity contribution in [1.29, 1.82) is 0 Å². The number of benzene rings is 1. The third kappa shape index (κ3) is 2.43. The van der Waals surface area contributed by atoms with Gasteiger partial charge in [-0.05, 0) is 44.7 Å². The summed E-state index contributed by atoms with van der Waals surface area (Å²) in [4.78, 5) is 26.7. The third-order valence-electron chi connectivity index (χ3n) is 4.91. The van der Waals surface area contributed by atoms with Gasteiger partial charge in [-0.25, -0.2) is 0 Å². The molecule has 21 heavy (non-hydrogen) atoms. The molecule has 1 amide bonds. The molecule has 4 heteroatoms. The van der Waals surface area contributed by atoms with E-state index in [-0.39, 0.29) is 23.6 Å².